The number of benzene rings is 1. The van der Waals surface area contributed by atoms with Gasteiger partial charge in [0, 0.05) is 13.0 Å². The molecule has 0 aliphatic carbocycles. The maximum atomic E-state index is 12.3. The second kappa shape index (κ2) is 9.91. The summed E-state index contributed by atoms with van der Waals surface area (Å²) in [5, 5.41) is 11.5. The van der Waals surface area contributed by atoms with Gasteiger partial charge in [-0.3, -0.25) is 9.59 Å². The zero-order valence-electron chi connectivity index (χ0n) is 14.8. The van der Waals surface area contributed by atoms with Crippen LogP contribution in [-0.4, -0.2) is 37.2 Å². The van der Waals surface area contributed by atoms with Crippen LogP contribution in [0.15, 0.2) is 18.2 Å². The molecule has 0 bridgehead atoms. The molecule has 0 saturated heterocycles. The number of carboxylic acid groups (broad SMARTS) is 1. The van der Waals surface area contributed by atoms with E-state index in [1.54, 1.807) is 7.11 Å². The molecular weight excluding hydrogens is 322 g/mol. The number of unbranched alkanes of at least 4 members (excludes halogenated alkanes) is 4. The van der Waals surface area contributed by atoms with E-state index in [-0.39, 0.29) is 18.2 Å². The molecule has 0 saturated carbocycles. The summed E-state index contributed by atoms with van der Waals surface area (Å²) < 4.78 is 10.9. The maximum Gasteiger partial charge on any atom is 0.303 e. The summed E-state index contributed by atoms with van der Waals surface area (Å²) in [5.41, 5.74) is 1.00. The molecule has 0 spiro atoms. The Morgan fingerprint density at radius 1 is 1.24 bits per heavy atom. The Bertz CT molecular complexity index is 587. The molecule has 138 valence electrons. The standard InChI is InChI=1S/C19H27NO5/c1-24-16-8-9-17-14(12-16)11-15(13-25-17)19(23)20-10-6-4-2-3-5-7-18(21)22/h8-9,12,15H,2-7,10-11,13H2,1H3,(H,20,23)(H,21,22). The van der Waals surface area contributed by atoms with E-state index < -0.39 is 5.97 Å². The summed E-state index contributed by atoms with van der Waals surface area (Å²) in [6.45, 7) is 1.06. The number of carbonyl (C=O) groups excluding carboxylic acids is 1. The number of carbonyl (C=O) groups is 2. The minimum absolute atomic E-state index is 0.0272. The SMILES string of the molecule is COc1ccc2c(c1)CC(C(=O)NCCCCCCCC(=O)O)CO2. The normalized spacial score (nSPS) is 15.8. The highest BCUT2D eigenvalue weighted by Crippen LogP contribution is 2.30. The first-order valence-electron chi connectivity index (χ1n) is 8.89. The van der Waals surface area contributed by atoms with E-state index >= 15 is 0 Å². The molecule has 25 heavy (non-hydrogen) atoms. The number of amides is 1. The Balaban J connectivity index is 1.64. The van der Waals surface area contributed by atoms with Crippen molar-refractivity contribution in [2.45, 2.75) is 44.9 Å². The Hall–Kier alpha value is -2.24. The van der Waals surface area contributed by atoms with Crippen LogP contribution in [0.3, 0.4) is 0 Å². The topological polar surface area (TPSA) is 84.9 Å². The molecule has 0 aromatic heterocycles. The van der Waals surface area contributed by atoms with Gasteiger partial charge in [0.2, 0.25) is 5.91 Å². The van der Waals surface area contributed by atoms with Crippen LogP contribution < -0.4 is 14.8 Å². The minimum Gasteiger partial charge on any atom is -0.497 e. The summed E-state index contributed by atoms with van der Waals surface area (Å²) in [5.74, 6) is 0.716. The van der Waals surface area contributed by atoms with Crippen LogP contribution in [0.5, 0.6) is 11.5 Å². The first kappa shape index (κ1) is 19.1. The van der Waals surface area contributed by atoms with Crippen molar-refractivity contribution in [1.82, 2.24) is 5.32 Å². The summed E-state index contributed by atoms with van der Waals surface area (Å²) in [7, 11) is 1.62. The van der Waals surface area contributed by atoms with Crippen molar-refractivity contribution in [1.29, 1.82) is 0 Å². The quantitative estimate of drug-likeness (QED) is 0.635. The fraction of sp³-hybridized carbons (Fsp3) is 0.579. The molecule has 2 rings (SSSR count). The molecule has 1 amide bonds. The lowest BCUT2D eigenvalue weighted by Gasteiger charge is -2.25. The van der Waals surface area contributed by atoms with Crippen molar-refractivity contribution in [3.05, 3.63) is 23.8 Å². The molecule has 1 aromatic carbocycles. The van der Waals surface area contributed by atoms with Gasteiger partial charge in [-0.25, -0.2) is 0 Å². The van der Waals surface area contributed by atoms with E-state index in [9.17, 15) is 9.59 Å². The number of carboxylic acids is 1. The molecule has 6 heteroatoms. The second-order valence-electron chi connectivity index (χ2n) is 6.39. The van der Waals surface area contributed by atoms with Crippen LogP contribution in [-0.2, 0) is 16.0 Å². The van der Waals surface area contributed by atoms with Gasteiger partial charge in [0.25, 0.3) is 0 Å². The van der Waals surface area contributed by atoms with Gasteiger partial charge in [0.05, 0.1) is 13.0 Å². The molecular formula is C19H27NO5. The molecule has 6 nitrogen and oxygen atoms in total. The van der Waals surface area contributed by atoms with Crippen LogP contribution in [0.2, 0.25) is 0 Å². The van der Waals surface area contributed by atoms with E-state index in [0.717, 1.165) is 49.2 Å². The van der Waals surface area contributed by atoms with E-state index in [2.05, 4.69) is 5.32 Å². The number of ether oxygens (including phenoxy) is 2. The van der Waals surface area contributed by atoms with Crippen molar-refractivity contribution in [3.8, 4) is 11.5 Å². The lowest BCUT2D eigenvalue weighted by Crippen LogP contribution is -2.37. The number of hydrogen-bond donors (Lipinski definition) is 2. The summed E-state index contributed by atoms with van der Waals surface area (Å²) >= 11 is 0. The summed E-state index contributed by atoms with van der Waals surface area (Å²) in [6.07, 6.45) is 5.47. The smallest absolute Gasteiger partial charge is 0.303 e. The van der Waals surface area contributed by atoms with Gasteiger partial charge < -0.3 is 19.9 Å². The molecule has 1 aromatic rings. The van der Waals surface area contributed by atoms with E-state index in [1.807, 2.05) is 18.2 Å². The molecule has 0 radical (unpaired) electrons. The Kier molecular flexibility index (Phi) is 7.57. The van der Waals surface area contributed by atoms with Crippen molar-refractivity contribution in [2.75, 3.05) is 20.3 Å². The van der Waals surface area contributed by atoms with E-state index in [4.69, 9.17) is 14.6 Å². The Morgan fingerprint density at radius 2 is 2.00 bits per heavy atom. The third-order valence-corrected chi connectivity index (χ3v) is 4.41. The van der Waals surface area contributed by atoms with Crippen molar-refractivity contribution in [3.63, 3.8) is 0 Å². The number of methoxy groups -OCH3 is 1. The molecule has 1 atom stereocenters. The molecule has 0 fully saturated rings. The predicted molar refractivity (Wildman–Crippen MR) is 94.0 cm³/mol. The fourth-order valence-electron chi connectivity index (χ4n) is 2.95. The van der Waals surface area contributed by atoms with Crippen molar-refractivity contribution < 1.29 is 24.2 Å². The monoisotopic (exact) mass is 349 g/mol. The summed E-state index contributed by atoms with van der Waals surface area (Å²) in [6, 6.07) is 5.66. The number of nitrogens with one attached hydrogen (secondary N) is 1. The number of rotatable bonds is 10. The van der Waals surface area contributed by atoms with Crippen LogP contribution >= 0.6 is 0 Å². The highest BCUT2D eigenvalue weighted by atomic mass is 16.5. The lowest BCUT2D eigenvalue weighted by atomic mass is 9.95. The average Bonchev–Trinajstić information content (AvgIpc) is 2.62. The largest absolute Gasteiger partial charge is 0.497 e. The average molecular weight is 349 g/mol. The van der Waals surface area contributed by atoms with Gasteiger partial charge in [-0.1, -0.05) is 19.3 Å². The van der Waals surface area contributed by atoms with Crippen LogP contribution in [0.25, 0.3) is 0 Å². The highest BCUT2D eigenvalue weighted by molar-refractivity contribution is 5.79. The Labute approximate surface area is 148 Å². The first-order chi connectivity index (χ1) is 12.1. The fourth-order valence-corrected chi connectivity index (χ4v) is 2.95. The molecule has 1 aliphatic rings. The van der Waals surface area contributed by atoms with Crippen molar-refractivity contribution >= 4 is 11.9 Å². The lowest BCUT2D eigenvalue weighted by molar-refractivity contribution is -0.137. The zero-order chi connectivity index (χ0) is 18.1. The van der Waals surface area contributed by atoms with Gasteiger partial charge in [-0.05, 0) is 43.0 Å². The predicted octanol–water partition coefficient (Wildman–Crippen LogP) is 2.79. The number of hydrogen-bond acceptors (Lipinski definition) is 4. The van der Waals surface area contributed by atoms with Crippen LogP contribution in [0.1, 0.15) is 44.1 Å². The van der Waals surface area contributed by atoms with Gasteiger partial charge in [-0.2, -0.15) is 0 Å². The van der Waals surface area contributed by atoms with Gasteiger partial charge >= 0.3 is 5.97 Å². The zero-order valence-corrected chi connectivity index (χ0v) is 14.8. The van der Waals surface area contributed by atoms with E-state index in [1.165, 1.54) is 0 Å². The minimum atomic E-state index is -0.735. The third kappa shape index (κ3) is 6.29. The molecule has 2 N–H and O–H groups in total. The van der Waals surface area contributed by atoms with Crippen molar-refractivity contribution in [2.24, 2.45) is 5.92 Å². The first-order valence-corrected chi connectivity index (χ1v) is 8.89. The maximum absolute atomic E-state index is 12.3. The molecule has 1 heterocycles. The van der Waals surface area contributed by atoms with Crippen LogP contribution in [0.4, 0.5) is 0 Å². The Morgan fingerprint density at radius 3 is 2.76 bits per heavy atom. The van der Waals surface area contributed by atoms with Gasteiger partial charge in [-0.15, -0.1) is 0 Å². The van der Waals surface area contributed by atoms with Gasteiger partial charge in [0.15, 0.2) is 0 Å². The molecule has 1 unspecified atom stereocenters. The second-order valence-corrected chi connectivity index (χ2v) is 6.39. The summed E-state index contributed by atoms with van der Waals surface area (Å²) in [4.78, 5) is 22.7. The van der Waals surface area contributed by atoms with Crippen LogP contribution in [0, 0.1) is 5.92 Å². The highest BCUT2D eigenvalue weighted by Gasteiger charge is 2.26. The number of fused-ring (bicyclic) bond motifs is 1. The van der Waals surface area contributed by atoms with Gasteiger partial charge in [0.1, 0.15) is 18.1 Å². The third-order valence-electron chi connectivity index (χ3n) is 4.41. The van der Waals surface area contributed by atoms with E-state index in [0.29, 0.717) is 19.6 Å². The molecule has 1 aliphatic heterocycles. The number of aliphatic carboxylic acids is 1.